The van der Waals surface area contributed by atoms with E-state index in [1.54, 1.807) is 61.2 Å². The zero-order valence-corrected chi connectivity index (χ0v) is 26.3. The van der Waals surface area contributed by atoms with Gasteiger partial charge in [-0.3, -0.25) is 4.90 Å². The molecule has 43 heavy (non-hydrogen) atoms. The third-order valence-electron chi connectivity index (χ3n) is 6.56. The molecule has 12 nitrogen and oxygen atoms in total. The third kappa shape index (κ3) is 11.3. The van der Waals surface area contributed by atoms with Crippen molar-refractivity contribution in [2.45, 2.75) is 103 Å². The van der Waals surface area contributed by atoms with Gasteiger partial charge in [-0.05, 0) is 84.9 Å². The minimum absolute atomic E-state index is 0.0405. The standard InChI is InChI=1S/C31H46N4O8/c1-30(2,3)42-28(37)35-20-25(40-29(38)43-31(4,5)6)26(24(35)19-22-11-13-23(39-7)14-12-22)41-27(36)33-15-9-8-10-17-34-18-16-32-21-34/h11-14,16,18,21,24-26H,8-10,15,17,19-20H2,1-7H3,(H,33,36)/t24-,25+,26+/m1/s1. The Hall–Kier alpha value is -3.96. The van der Waals surface area contributed by atoms with Crippen LogP contribution in [-0.4, -0.2) is 82.4 Å². The van der Waals surface area contributed by atoms with Crippen molar-refractivity contribution in [1.29, 1.82) is 0 Å². The van der Waals surface area contributed by atoms with E-state index in [0.717, 1.165) is 31.4 Å². The smallest absolute Gasteiger partial charge is 0.497 e. The number of alkyl carbamates (subject to hydrolysis) is 1. The molecule has 0 bridgehead atoms. The Morgan fingerprint density at radius 1 is 0.953 bits per heavy atom. The second kappa shape index (κ2) is 15.0. The highest BCUT2D eigenvalue weighted by atomic mass is 16.7. The van der Waals surface area contributed by atoms with Crippen LogP contribution in [0.1, 0.15) is 66.4 Å². The second-order valence-corrected chi connectivity index (χ2v) is 12.5. The molecule has 0 radical (unpaired) electrons. The van der Waals surface area contributed by atoms with Gasteiger partial charge in [0.1, 0.15) is 17.0 Å². The van der Waals surface area contributed by atoms with Crippen LogP contribution in [0.2, 0.25) is 0 Å². The summed E-state index contributed by atoms with van der Waals surface area (Å²) in [5, 5.41) is 2.79. The average molecular weight is 603 g/mol. The molecule has 0 spiro atoms. The molecule has 1 aromatic heterocycles. The third-order valence-corrected chi connectivity index (χ3v) is 6.56. The number of unbranched alkanes of at least 4 members (excludes halogenated alkanes) is 2. The maximum absolute atomic E-state index is 13.4. The molecular formula is C31H46N4O8. The quantitative estimate of drug-likeness (QED) is 0.206. The molecule has 1 N–H and O–H groups in total. The summed E-state index contributed by atoms with van der Waals surface area (Å²) in [7, 11) is 1.58. The van der Waals surface area contributed by atoms with Crippen molar-refractivity contribution in [1.82, 2.24) is 19.8 Å². The van der Waals surface area contributed by atoms with E-state index in [1.807, 2.05) is 35.0 Å². The lowest BCUT2D eigenvalue weighted by Crippen LogP contribution is -2.46. The van der Waals surface area contributed by atoms with Gasteiger partial charge in [0, 0.05) is 25.5 Å². The van der Waals surface area contributed by atoms with Crippen molar-refractivity contribution < 1.29 is 38.1 Å². The van der Waals surface area contributed by atoms with Crippen LogP contribution >= 0.6 is 0 Å². The molecule has 1 aromatic carbocycles. The van der Waals surface area contributed by atoms with E-state index in [2.05, 4.69) is 10.3 Å². The topological polar surface area (TPSA) is 130 Å². The zero-order valence-electron chi connectivity index (χ0n) is 26.3. The molecule has 2 heterocycles. The molecule has 1 saturated heterocycles. The first-order valence-electron chi connectivity index (χ1n) is 14.7. The van der Waals surface area contributed by atoms with Crippen LogP contribution in [-0.2, 0) is 31.9 Å². The maximum Gasteiger partial charge on any atom is 0.509 e. The Morgan fingerprint density at radius 3 is 2.26 bits per heavy atom. The second-order valence-electron chi connectivity index (χ2n) is 12.5. The molecular weight excluding hydrogens is 556 g/mol. The first-order chi connectivity index (χ1) is 20.2. The number of nitrogens with zero attached hydrogens (tertiary/aromatic N) is 3. The van der Waals surface area contributed by atoms with E-state index in [0.29, 0.717) is 18.7 Å². The molecule has 0 unspecified atom stereocenters. The molecule has 1 fully saturated rings. The van der Waals surface area contributed by atoms with E-state index in [4.69, 9.17) is 23.7 Å². The number of likely N-dealkylation sites (tertiary alicyclic amines) is 1. The molecule has 1 aliphatic heterocycles. The van der Waals surface area contributed by atoms with Gasteiger partial charge < -0.3 is 33.6 Å². The first-order valence-corrected chi connectivity index (χ1v) is 14.7. The van der Waals surface area contributed by atoms with Crippen molar-refractivity contribution in [3.8, 4) is 5.75 Å². The number of hydrogen-bond acceptors (Lipinski definition) is 9. The lowest BCUT2D eigenvalue weighted by atomic mass is 10.0. The fourth-order valence-corrected chi connectivity index (χ4v) is 4.65. The highest BCUT2D eigenvalue weighted by Gasteiger charge is 2.50. The molecule has 2 amide bonds. The molecule has 3 rings (SSSR count). The number of imidazole rings is 1. The number of benzene rings is 1. The highest BCUT2D eigenvalue weighted by Crippen LogP contribution is 2.30. The van der Waals surface area contributed by atoms with Gasteiger partial charge in [-0.15, -0.1) is 0 Å². The van der Waals surface area contributed by atoms with E-state index in [1.165, 1.54) is 4.90 Å². The lowest BCUT2D eigenvalue weighted by Gasteiger charge is -2.30. The van der Waals surface area contributed by atoms with Crippen molar-refractivity contribution in [2.24, 2.45) is 0 Å². The molecule has 1 aliphatic rings. The van der Waals surface area contributed by atoms with Gasteiger partial charge in [0.05, 0.1) is 26.0 Å². The Labute approximate surface area is 254 Å². The summed E-state index contributed by atoms with van der Waals surface area (Å²) >= 11 is 0. The normalized spacial score (nSPS) is 18.6. The van der Waals surface area contributed by atoms with E-state index in [9.17, 15) is 14.4 Å². The molecule has 0 aliphatic carbocycles. The predicted octanol–water partition coefficient (Wildman–Crippen LogP) is 5.34. The monoisotopic (exact) mass is 602 g/mol. The van der Waals surface area contributed by atoms with Crippen LogP contribution in [0, 0.1) is 0 Å². The fraction of sp³-hybridized carbons (Fsp3) is 0.613. The van der Waals surface area contributed by atoms with Gasteiger partial charge in [0.2, 0.25) is 0 Å². The predicted molar refractivity (Wildman–Crippen MR) is 159 cm³/mol. The van der Waals surface area contributed by atoms with Crippen molar-refractivity contribution in [2.75, 3.05) is 20.2 Å². The summed E-state index contributed by atoms with van der Waals surface area (Å²) in [5.41, 5.74) is -0.698. The minimum Gasteiger partial charge on any atom is -0.497 e. The number of ether oxygens (including phenoxy) is 5. The Morgan fingerprint density at radius 2 is 1.65 bits per heavy atom. The molecule has 12 heteroatoms. The largest absolute Gasteiger partial charge is 0.509 e. The Balaban J connectivity index is 1.75. The SMILES string of the molecule is COc1ccc(C[C@@H]2[C@H](OC(=O)NCCCCCn3ccnc3)[C@@H](OC(=O)OC(C)(C)C)CN2C(=O)OC(C)(C)C)cc1. The van der Waals surface area contributed by atoms with Crippen LogP contribution < -0.4 is 10.1 Å². The van der Waals surface area contributed by atoms with Crippen molar-refractivity contribution in [3.63, 3.8) is 0 Å². The van der Waals surface area contributed by atoms with Crippen LogP contribution in [0.15, 0.2) is 43.0 Å². The average Bonchev–Trinajstić information content (AvgIpc) is 3.53. The first kappa shape index (κ1) is 33.5. The van der Waals surface area contributed by atoms with Crippen molar-refractivity contribution in [3.05, 3.63) is 48.5 Å². The van der Waals surface area contributed by atoms with Crippen LogP contribution in [0.4, 0.5) is 14.4 Å². The van der Waals surface area contributed by atoms with Crippen LogP contribution in [0.3, 0.4) is 0 Å². The number of nitrogens with one attached hydrogen (secondary N) is 1. The zero-order chi connectivity index (χ0) is 31.6. The van der Waals surface area contributed by atoms with Crippen molar-refractivity contribution >= 4 is 18.3 Å². The van der Waals surface area contributed by atoms with Gasteiger partial charge in [-0.1, -0.05) is 12.1 Å². The van der Waals surface area contributed by atoms with Crippen LogP contribution in [0.25, 0.3) is 0 Å². The van der Waals surface area contributed by atoms with E-state index in [-0.39, 0.29) is 6.54 Å². The maximum atomic E-state index is 13.4. The van der Waals surface area contributed by atoms with Gasteiger partial charge in [0.25, 0.3) is 0 Å². The number of aryl methyl sites for hydroxylation is 1. The number of methoxy groups -OCH3 is 1. The lowest BCUT2D eigenvalue weighted by molar-refractivity contribution is -0.0517. The summed E-state index contributed by atoms with van der Waals surface area (Å²) in [4.78, 5) is 44.5. The van der Waals surface area contributed by atoms with Gasteiger partial charge in [0.15, 0.2) is 12.2 Å². The summed E-state index contributed by atoms with van der Waals surface area (Å²) < 4.78 is 29.9. The summed E-state index contributed by atoms with van der Waals surface area (Å²) in [6, 6.07) is 6.68. The minimum atomic E-state index is -0.983. The van der Waals surface area contributed by atoms with Gasteiger partial charge >= 0.3 is 18.3 Å². The van der Waals surface area contributed by atoms with E-state index < -0.39 is 47.8 Å². The Kier molecular flexibility index (Phi) is 11.7. The molecule has 0 saturated carbocycles. The van der Waals surface area contributed by atoms with Crippen LogP contribution in [0.5, 0.6) is 5.75 Å². The molecule has 3 atom stereocenters. The van der Waals surface area contributed by atoms with Gasteiger partial charge in [-0.25, -0.2) is 19.4 Å². The number of hydrogen-bond donors (Lipinski definition) is 1. The number of carbonyl (C=O) groups is 3. The molecule has 238 valence electrons. The summed E-state index contributed by atoms with van der Waals surface area (Å²) in [6.07, 6.45) is 4.19. The number of carbonyl (C=O) groups excluding carboxylic acids is 3. The number of amides is 2. The summed E-state index contributed by atoms with van der Waals surface area (Å²) in [6.45, 7) is 11.7. The number of aromatic nitrogens is 2. The number of rotatable bonds is 11. The molecule has 2 aromatic rings. The van der Waals surface area contributed by atoms with Gasteiger partial charge in [-0.2, -0.15) is 0 Å². The summed E-state index contributed by atoms with van der Waals surface area (Å²) in [5.74, 6) is 0.683. The highest BCUT2D eigenvalue weighted by molar-refractivity contribution is 5.71. The Bertz CT molecular complexity index is 1170. The van der Waals surface area contributed by atoms with E-state index >= 15 is 0 Å². The fourth-order valence-electron chi connectivity index (χ4n) is 4.65.